The van der Waals surface area contributed by atoms with Crippen LogP contribution in [0.5, 0.6) is 11.5 Å². The molecule has 0 atom stereocenters. The van der Waals surface area contributed by atoms with Gasteiger partial charge in [-0.15, -0.1) is 0 Å². The van der Waals surface area contributed by atoms with Crippen molar-refractivity contribution < 1.29 is 15.0 Å². The summed E-state index contributed by atoms with van der Waals surface area (Å²) in [5.74, 6) is -0.905. The van der Waals surface area contributed by atoms with Crippen molar-refractivity contribution in [3.8, 4) is 11.5 Å². The Morgan fingerprint density at radius 3 is 2.28 bits per heavy atom. The molecule has 18 heavy (non-hydrogen) atoms. The number of carbonyl (C=O) groups excluding carboxylic acids is 1. The number of halogens is 1. The number of hydrogen-bond acceptors (Lipinski definition) is 3. The summed E-state index contributed by atoms with van der Waals surface area (Å²) in [6.45, 7) is 0. The molecule has 4 nitrogen and oxygen atoms in total. The molecule has 2 rings (SSSR count). The molecular formula is C13H10INO3. The standard InChI is InChI=1S/C13H10INO3/c14-9-2-4-10(5-3-9)15-13(18)8-1-6-11(16)12(17)7-8/h1-7,16-17H,(H,15,18). The summed E-state index contributed by atoms with van der Waals surface area (Å²) >= 11 is 2.18. The Labute approximate surface area is 117 Å². The number of aromatic hydroxyl groups is 2. The van der Waals surface area contributed by atoms with Gasteiger partial charge in [0.15, 0.2) is 11.5 Å². The Morgan fingerprint density at radius 1 is 1.00 bits per heavy atom. The summed E-state index contributed by atoms with van der Waals surface area (Å²) < 4.78 is 1.08. The van der Waals surface area contributed by atoms with Crippen molar-refractivity contribution in [2.24, 2.45) is 0 Å². The van der Waals surface area contributed by atoms with Gasteiger partial charge in [-0.05, 0) is 65.1 Å². The second kappa shape index (κ2) is 5.26. The van der Waals surface area contributed by atoms with Crippen molar-refractivity contribution >= 4 is 34.2 Å². The van der Waals surface area contributed by atoms with Crippen molar-refractivity contribution in [3.63, 3.8) is 0 Å². The average Bonchev–Trinajstić information content (AvgIpc) is 2.35. The van der Waals surface area contributed by atoms with Crippen LogP contribution in [-0.4, -0.2) is 16.1 Å². The Bertz CT molecular complexity index is 581. The lowest BCUT2D eigenvalue weighted by Gasteiger charge is -2.06. The van der Waals surface area contributed by atoms with Gasteiger partial charge >= 0.3 is 0 Å². The van der Waals surface area contributed by atoms with Crippen LogP contribution >= 0.6 is 22.6 Å². The van der Waals surface area contributed by atoms with E-state index >= 15 is 0 Å². The van der Waals surface area contributed by atoms with Gasteiger partial charge in [-0.1, -0.05) is 0 Å². The van der Waals surface area contributed by atoms with E-state index in [1.807, 2.05) is 12.1 Å². The molecule has 0 aromatic heterocycles. The predicted octanol–water partition coefficient (Wildman–Crippen LogP) is 2.95. The van der Waals surface area contributed by atoms with Crippen molar-refractivity contribution in [1.82, 2.24) is 0 Å². The molecule has 0 unspecified atom stereocenters. The van der Waals surface area contributed by atoms with Gasteiger partial charge in [0.05, 0.1) is 0 Å². The van der Waals surface area contributed by atoms with Gasteiger partial charge in [0.2, 0.25) is 0 Å². The van der Waals surface area contributed by atoms with E-state index in [4.69, 9.17) is 5.11 Å². The van der Waals surface area contributed by atoms with Crippen LogP contribution in [0.1, 0.15) is 10.4 Å². The number of nitrogens with one attached hydrogen (secondary N) is 1. The van der Waals surface area contributed by atoms with E-state index in [0.717, 1.165) is 3.57 Å². The molecule has 0 heterocycles. The highest BCUT2D eigenvalue weighted by Gasteiger charge is 2.08. The maximum absolute atomic E-state index is 11.9. The number of hydrogen-bond donors (Lipinski definition) is 3. The fraction of sp³-hybridized carbons (Fsp3) is 0. The first-order valence-corrected chi connectivity index (χ1v) is 6.23. The molecule has 0 bridgehead atoms. The third-order valence-corrected chi connectivity index (χ3v) is 3.06. The number of phenols is 2. The first kappa shape index (κ1) is 12.7. The molecule has 3 N–H and O–H groups in total. The van der Waals surface area contributed by atoms with Crippen LogP contribution in [0, 0.1) is 3.57 Å². The number of phenolic OH excluding ortho intramolecular Hbond substituents is 2. The molecule has 0 aliphatic rings. The lowest BCUT2D eigenvalue weighted by atomic mass is 10.2. The first-order chi connectivity index (χ1) is 8.56. The van der Waals surface area contributed by atoms with Crippen molar-refractivity contribution in [2.45, 2.75) is 0 Å². The summed E-state index contributed by atoms with van der Waals surface area (Å²) in [4.78, 5) is 11.9. The summed E-state index contributed by atoms with van der Waals surface area (Å²) in [6.07, 6.45) is 0. The summed E-state index contributed by atoms with van der Waals surface area (Å²) in [5, 5.41) is 21.2. The highest BCUT2D eigenvalue weighted by molar-refractivity contribution is 14.1. The third kappa shape index (κ3) is 2.92. The molecule has 92 valence electrons. The first-order valence-electron chi connectivity index (χ1n) is 5.15. The number of benzene rings is 2. The second-order valence-corrected chi connectivity index (χ2v) is 4.91. The molecule has 0 saturated carbocycles. The minimum absolute atomic E-state index is 0.249. The Morgan fingerprint density at radius 2 is 1.67 bits per heavy atom. The second-order valence-electron chi connectivity index (χ2n) is 3.66. The van der Waals surface area contributed by atoms with Gasteiger partial charge in [-0.2, -0.15) is 0 Å². The van der Waals surface area contributed by atoms with E-state index in [-0.39, 0.29) is 23.0 Å². The largest absolute Gasteiger partial charge is 0.504 e. The Balaban J connectivity index is 2.16. The van der Waals surface area contributed by atoms with Gasteiger partial charge in [0.25, 0.3) is 5.91 Å². The summed E-state index contributed by atoms with van der Waals surface area (Å²) in [7, 11) is 0. The van der Waals surface area contributed by atoms with Crippen molar-refractivity contribution in [2.75, 3.05) is 5.32 Å². The van der Waals surface area contributed by atoms with Crippen LogP contribution in [0.15, 0.2) is 42.5 Å². The molecule has 2 aromatic carbocycles. The predicted molar refractivity (Wildman–Crippen MR) is 76.9 cm³/mol. The van der Waals surface area contributed by atoms with Crippen LogP contribution < -0.4 is 5.32 Å². The molecule has 0 fully saturated rings. The molecule has 5 heteroatoms. The molecule has 0 spiro atoms. The molecule has 1 amide bonds. The lowest BCUT2D eigenvalue weighted by Crippen LogP contribution is -2.11. The summed E-state index contributed by atoms with van der Waals surface area (Å²) in [5.41, 5.74) is 0.955. The van der Waals surface area contributed by atoms with E-state index in [9.17, 15) is 9.90 Å². The highest BCUT2D eigenvalue weighted by Crippen LogP contribution is 2.25. The maximum atomic E-state index is 11.9. The zero-order valence-electron chi connectivity index (χ0n) is 9.22. The number of anilines is 1. The SMILES string of the molecule is O=C(Nc1ccc(I)cc1)c1ccc(O)c(O)c1. The number of amides is 1. The molecule has 0 saturated heterocycles. The normalized spacial score (nSPS) is 10.1. The van der Waals surface area contributed by atoms with E-state index in [1.54, 1.807) is 12.1 Å². The summed E-state index contributed by atoms with van der Waals surface area (Å²) in [6, 6.07) is 11.3. The zero-order valence-corrected chi connectivity index (χ0v) is 11.4. The topological polar surface area (TPSA) is 69.6 Å². The van der Waals surface area contributed by atoms with Crippen molar-refractivity contribution in [1.29, 1.82) is 0 Å². The minimum Gasteiger partial charge on any atom is -0.504 e. The smallest absolute Gasteiger partial charge is 0.255 e. The lowest BCUT2D eigenvalue weighted by molar-refractivity contribution is 0.102. The molecule has 2 aromatic rings. The molecular weight excluding hydrogens is 345 g/mol. The molecule has 0 aliphatic carbocycles. The van der Waals surface area contributed by atoms with E-state index in [2.05, 4.69) is 27.9 Å². The van der Waals surface area contributed by atoms with Crippen LogP contribution in [0.3, 0.4) is 0 Å². The number of carbonyl (C=O) groups is 1. The molecule has 0 radical (unpaired) electrons. The quantitative estimate of drug-likeness (QED) is 0.573. The van der Waals surface area contributed by atoms with Gasteiger partial charge in [0.1, 0.15) is 0 Å². The fourth-order valence-corrected chi connectivity index (χ4v) is 1.76. The highest BCUT2D eigenvalue weighted by atomic mass is 127. The Hall–Kier alpha value is -1.76. The third-order valence-electron chi connectivity index (χ3n) is 2.34. The van der Waals surface area contributed by atoms with Crippen molar-refractivity contribution in [3.05, 3.63) is 51.6 Å². The number of rotatable bonds is 2. The maximum Gasteiger partial charge on any atom is 0.255 e. The van der Waals surface area contributed by atoms with Gasteiger partial charge in [0, 0.05) is 14.8 Å². The van der Waals surface area contributed by atoms with E-state index in [1.165, 1.54) is 18.2 Å². The van der Waals surface area contributed by atoms with E-state index < -0.39 is 0 Å². The van der Waals surface area contributed by atoms with Crippen LogP contribution in [-0.2, 0) is 0 Å². The van der Waals surface area contributed by atoms with Crippen LogP contribution in [0.2, 0.25) is 0 Å². The van der Waals surface area contributed by atoms with Gasteiger partial charge < -0.3 is 15.5 Å². The Kier molecular flexibility index (Phi) is 3.71. The zero-order chi connectivity index (χ0) is 13.1. The monoisotopic (exact) mass is 355 g/mol. The van der Waals surface area contributed by atoms with Crippen LogP contribution in [0.4, 0.5) is 5.69 Å². The average molecular weight is 355 g/mol. The minimum atomic E-state index is -0.341. The fourth-order valence-electron chi connectivity index (χ4n) is 1.40. The van der Waals surface area contributed by atoms with Crippen LogP contribution in [0.25, 0.3) is 0 Å². The molecule has 0 aliphatic heterocycles. The van der Waals surface area contributed by atoms with E-state index in [0.29, 0.717) is 5.69 Å². The van der Waals surface area contributed by atoms with Gasteiger partial charge in [-0.3, -0.25) is 4.79 Å². The van der Waals surface area contributed by atoms with Gasteiger partial charge in [-0.25, -0.2) is 0 Å².